The molecule has 1 aliphatic heterocycles. The monoisotopic (exact) mass is 418 g/mol. The molecule has 138 valence electrons. The van der Waals surface area contributed by atoms with E-state index in [9.17, 15) is 9.90 Å². The van der Waals surface area contributed by atoms with Crippen LogP contribution in [-0.2, 0) is 0 Å². The number of pyridine rings is 1. The van der Waals surface area contributed by atoms with Gasteiger partial charge in [0.2, 0.25) is 0 Å². The van der Waals surface area contributed by atoms with E-state index in [4.69, 9.17) is 4.74 Å². The number of nitrogens with one attached hydrogen (secondary N) is 1. The Hall–Kier alpha value is -2.08. The van der Waals surface area contributed by atoms with Crippen molar-refractivity contribution in [2.45, 2.75) is 38.6 Å². The van der Waals surface area contributed by atoms with Crippen molar-refractivity contribution >= 4 is 27.6 Å². The summed E-state index contributed by atoms with van der Waals surface area (Å²) in [5.41, 5.74) is 2.35. The van der Waals surface area contributed by atoms with E-state index in [0.29, 0.717) is 28.8 Å². The standard InChI is InChI=1S/C20H23BrN2O3/c1-12-13-6-4-5-7-15(13)23-20(2,3)14(12)10-11-26-16-8-9-17(21)22-18(16)19(24)25/h4-9,12,14,23H,10-11H2,1-3H3,(H,24,25). The van der Waals surface area contributed by atoms with Crippen molar-refractivity contribution in [3.05, 3.63) is 52.3 Å². The number of ether oxygens (including phenoxy) is 1. The first-order valence-electron chi connectivity index (χ1n) is 8.69. The second kappa shape index (κ2) is 7.27. The summed E-state index contributed by atoms with van der Waals surface area (Å²) in [7, 11) is 0. The van der Waals surface area contributed by atoms with Gasteiger partial charge in [-0.1, -0.05) is 25.1 Å². The minimum absolute atomic E-state index is 0.0706. The Morgan fingerprint density at radius 3 is 2.77 bits per heavy atom. The lowest BCUT2D eigenvalue weighted by atomic mass is 9.70. The molecule has 0 fully saturated rings. The second-order valence-corrected chi connectivity index (χ2v) is 8.06. The Bertz CT molecular complexity index is 822. The van der Waals surface area contributed by atoms with Crippen LogP contribution in [0, 0.1) is 5.92 Å². The number of aromatic carboxylic acids is 1. The van der Waals surface area contributed by atoms with Crippen LogP contribution in [-0.4, -0.2) is 28.2 Å². The average molecular weight is 419 g/mol. The number of fused-ring (bicyclic) bond motifs is 1. The molecule has 26 heavy (non-hydrogen) atoms. The Morgan fingerprint density at radius 1 is 1.31 bits per heavy atom. The van der Waals surface area contributed by atoms with Crippen LogP contribution in [0.2, 0.25) is 0 Å². The van der Waals surface area contributed by atoms with E-state index in [1.54, 1.807) is 12.1 Å². The number of hydrogen-bond acceptors (Lipinski definition) is 4. The lowest BCUT2D eigenvalue weighted by Gasteiger charge is -2.45. The highest BCUT2D eigenvalue weighted by Gasteiger charge is 2.39. The Balaban J connectivity index is 1.73. The van der Waals surface area contributed by atoms with Crippen LogP contribution in [0.15, 0.2) is 41.0 Å². The van der Waals surface area contributed by atoms with Crippen molar-refractivity contribution < 1.29 is 14.6 Å². The molecule has 0 saturated carbocycles. The minimum atomic E-state index is -1.09. The molecule has 1 aromatic heterocycles. The molecule has 0 spiro atoms. The van der Waals surface area contributed by atoms with E-state index in [1.165, 1.54) is 11.3 Å². The molecule has 0 saturated heterocycles. The summed E-state index contributed by atoms with van der Waals surface area (Å²) in [6.07, 6.45) is 0.810. The minimum Gasteiger partial charge on any atom is -0.491 e. The lowest BCUT2D eigenvalue weighted by molar-refractivity contribution is 0.0684. The number of anilines is 1. The van der Waals surface area contributed by atoms with Crippen LogP contribution in [0.1, 0.15) is 49.2 Å². The van der Waals surface area contributed by atoms with Crippen LogP contribution >= 0.6 is 15.9 Å². The molecule has 0 aliphatic carbocycles. The molecule has 3 rings (SSSR count). The molecular weight excluding hydrogens is 396 g/mol. The highest BCUT2D eigenvalue weighted by molar-refractivity contribution is 9.10. The van der Waals surface area contributed by atoms with Gasteiger partial charge in [-0.05, 0) is 71.8 Å². The van der Waals surface area contributed by atoms with Crippen molar-refractivity contribution in [3.8, 4) is 5.75 Å². The summed E-state index contributed by atoms with van der Waals surface area (Å²) >= 11 is 3.20. The van der Waals surface area contributed by atoms with E-state index < -0.39 is 5.97 Å². The number of rotatable bonds is 5. The molecule has 2 aromatic rings. The van der Waals surface area contributed by atoms with Gasteiger partial charge in [-0.25, -0.2) is 9.78 Å². The maximum atomic E-state index is 11.4. The summed E-state index contributed by atoms with van der Waals surface area (Å²) in [4.78, 5) is 15.3. The summed E-state index contributed by atoms with van der Waals surface area (Å²) in [6, 6.07) is 11.7. The van der Waals surface area contributed by atoms with Gasteiger partial charge in [0.05, 0.1) is 6.61 Å². The van der Waals surface area contributed by atoms with Crippen LogP contribution in [0.25, 0.3) is 0 Å². The van der Waals surface area contributed by atoms with Gasteiger partial charge in [0, 0.05) is 11.2 Å². The van der Waals surface area contributed by atoms with E-state index in [0.717, 1.165) is 6.42 Å². The molecule has 5 nitrogen and oxygen atoms in total. The smallest absolute Gasteiger partial charge is 0.358 e. The van der Waals surface area contributed by atoms with Crippen molar-refractivity contribution in [2.24, 2.45) is 5.92 Å². The summed E-state index contributed by atoms with van der Waals surface area (Å²) < 4.78 is 6.27. The zero-order valence-electron chi connectivity index (χ0n) is 15.1. The van der Waals surface area contributed by atoms with Crippen molar-refractivity contribution in [1.82, 2.24) is 4.98 Å². The van der Waals surface area contributed by atoms with Gasteiger partial charge in [-0.15, -0.1) is 0 Å². The maximum absolute atomic E-state index is 11.4. The number of para-hydroxylation sites is 1. The number of carboxylic acid groups (broad SMARTS) is 1. The molecule has 0 amide bonds. The maximum Gasteiger partial charge on any atom is 0.358 e. The molecule has 1 aliphatic rings. The van der Waals surface area contributed by atoms with Crippen LogP contribution in [0.3, 0.4) is 0 Å². The normalized spacial score (nSPS) is 20.8. The summed E-state index contributed by atoms with van der Waals surface area (Å²) in [6.45, 7) is 7.09. The topological polar surface area (TPSA) is 71.5 Å². The third kappa shape index (κ3) is 3.70. The van der Waals surface area contributed by atoms with Crippen molar-refractivity contribution in [3.63, 3.8) is 0 Å². The zero-order valence-corrected chi connectivity index (χ0v) is 16.7. The Morgan fingerprint density at radius 2 is 2.04 bits per heavy atom. The van der Waals surface area contributed by atoms with E-state index in [-0.39, 0.29) is 11.2 Å². The number of halogens is 1. The Kier molecular flexibility index (Phi) is 5.23. The molecule has 0 radical (unpaired) electrons. The number of hydrogen-bond donors (Lipinski definition) is 2. The third-order valence-corrected chi connectivity index (χ3v) is 5.59. The predicted octanol–water partition coefficient (Wildman–Crippen LogP) is 4.94. The lowest BCUT2D eigenvalue weighted by Crippen LogP contribution is -2.46. The second-order valence-electron chi connectivity index (χ2n) is 7.25. The van der Waals surface area contributed by atoms with Gasteiger partial charge in [0.25, 0.3) is 0 Å². The Labute approximate surface area is 161 Å². The largest absolute Gasteiger partial charge is 0.491 e. The van der Waals surface area contributed by atoms with Gasteiger partial charge in [0.1, 0.15) is 4.60 Å². The van der Waals surface area contributed by atoms with Gasteiger partial charge in [-0.3, -0.25) is 0 Å². The molecule has 1 aromatic carbocycles. The van der Waals surface area contributed by atoms with Crippen LogP contribution in [0.5, 0.6) is 5.75 Å². The fourth-order valence-corrected chi connectivity index (χ4v) is 4.20. The molecular formula is C20H23BrN2O3. The number of nitrogens with zero attached hydrogens (tertiary/aromatic N) is 1. The van der Waals surface area contributed by atoms with Gasteiger partial charge in [-0.2, -0.15) is 0 Å². The first-order valence-corrected chi connectivity index (χ1v) is 9.48. The van der Waals surface area contributed by atoms with Crippen LogP contribution < -0.4 is 10.1 Å². The van der Waals surface area contributed by atoms with E-state index in [2.05, 4.69) is 65.2 Å². The first-order chi connectivity index (χ1) is 12.3. The number of benzene rings is 1. The van der Waals surface area contributed by atoms with Gasteiger partial charge in [0.15, 0.2) is 11.4 Å². The SMILES string of the molecule is CC1c2ccccc2NC(C)(C)C1CCOc1ccc(Br)nc1C(=O)O. The highest BCUT2D eigenvalue weighted by Crippen LogP contribution is 2.44. The number of aromatic nitrogens is 1. The number of carboxylic acids is 1. The fraction of sp³-hybridized carbons (Fsp3) is 0.400. The van der Waals surface area contributed by atoms with E-state index in [1.807, 2.05) is 6.07 Å². The first kappa shape index (κ1) is 18.7. The molecule has 2 unspecified atom stereocenters. The summed E-state index contributed by atoms with van der Waals surface area (Å²) in [5, 5.41) is 12.9. The third-order valence-electron chi connectivity index (χ3n) is 5.15. The van der Waals surface area contributed by atoms with Gasteiger partial charge >= 0.3 is 5.97 Å². The highest BCUT2D eigenvalue weighted by atomic mass is 79.9. The average Bonchev–Trinajstić information content (AvgIpc) is 2.58. The molecule has 2 heterocycles. The zero-order chi connectivity index (χ0) is 18.9. The molecule has 2 N–H and O–H groups in total. The molecule has 0 bridgehead atoms. The van der Waals surface area contributed by atoms with Gasteiger partial charge < -0.3 is 15.2 Å². The molecule has 2 atom stereocenters. The van der Waals surface area contributed by atoms with Crippen molar-refractivity contribution in [1.29, 1.82) is 0 Å². The quantitative estimate of drug-likeness (QED) is 0.673. The number of carbonyl (C=O) groups is 1. The van der Waals surface area contributed by atoms with Crippen molar-refractivity contribution in [2.75, 3.05) is 11.9 Å². The molecule has 6 heteroatoms. The van der Waals surface area contributed by atoms with Crippen LogP contribution in [0.4, 0.5) is 5.69 Å². The summed E-state index contributed by atoms with van der Waals surface area (Å²) in [5.74, 6) is -0.0549. The fourth-order valence-electron chi connectivity index (χ4n) is 3.89. The van der Waals surface area contributed by atoms with E-state index >= 15 is 0 Å². The predicted molar refractivity (Wildman–Crippen MR) is 105 cm³/mol.